The van der Waals surface area contributed by atoms with Crippen molar-refractivity contribution in [3.05, 3.63) is 46.0 Å². The highest BCUT2D eigenvalue weighted by molar-refractivity contribution is 9.10. The van der Waals surface area contributed by atoms with Gasteiger partial charge in [-0.15, -0.1) is 0 Å². The third-order valence-electron chi connectivity index (χ3n) is 2.12. The third kappa shape index (κ3) is 3.13. The lowest BCUT2D eigenvalue weighted by atomic mass is 10.1. The molecule has 1 heterocycles. The molecule has 1 amide bonds. The summed E-state index contributed by atoms with van der Waals surface area (Å²) in [6.45, 7) is 2.18. The number of hydrogen-bond acceptors (Lipinski definition) is 4. The molecule has 0 aliphatic carbocycles. The molecule has 88 valence electrons. The Morgan fingerprint density at radius 2 is 2.29 bits per heavy atom. The van der Waals surface area contributed by atoms with Gasteiger partial charge < -0.3 is 9.84 Å². The average molecular weight is 296 g/mol. The van der Waals surface area contributed by atoms with Gasteiger partial charge in [0.2, 0.25) is 6.39 Å². The lowest BCUT2D eigenvalue weighted by Crippen LogP contribution is -2.23. The molecule has 2 aromatic rings. The summed E-state index contributed by atoms with van der Waals surface area (Å²) in [5, 5.41) is 6.32. The maximum atomic E-state index is 11.8. The van der Waals surface area contributed by atoms with E-state index in [9.17, 15) is 4.79 Å². The van der Waals surface area contributed by atoms with Gasteiger partial charge in [-0.2, -0.15) is 4.98 Å². The summed E-state index contributed by atoms with van der Waals surface area (Å²) in [4.78, 5) is 15.6. The number of aryl methyl sites for hydroxylation is 1. The molecular formula is C11H10BrN3O2. The lowest BCUT2D eigenvalue weighted by molar-refractivity contribution is 0.0949. The molecule has 0 aliphatic heterocycles. The topological polar surface area (TPSA) is 68.0 Å². The van der Waals surface area contributed by atoms with Gasteiger partial charge in [-0.05, 0) is 30.7 Å². The van der Waals surface area contributed by atoms with Gasteiger partial charge in [0.1, 0.15) is 0 Å². The molecule has 0 atom stereocenters. The first-order chi connectivity index (χ1) is 8.15. The minimum Gasteiger partial charge on any atom is -0.345 e. The van der Waals surface area contributed by atoms with E-state index >= 15 is 0 Å². The van der Waals surface area contributed by atoms with Crippen LogP contribution in [0.15, 0.2) is 33.6 Å². The summed E-state index contributed by atoms with van der Waals surface area (Å²) in [7, 11) is 0. The summed E-state index contributed by atoms with van der Waals surface area (Å²) in [6, 6.07) is 5.52. The van der Waals surface area contributed by atoms with Crippen LogP contribution in [0.4, 0.5) is 0 Å². The maximum absolute atomic E-state index is 11.8. The highest BCUT2D eigenvalue weighted by Gasteiger charge is 2.08. The molecular weight excluding hydrogens is 286 g/mol. The quantitative estimate of drug-likeness (QED) is 0.941. The van der Waals surface area contributed by atoms with E-state index in [1.54, 1.807) is 6.07 Å². The molecule has 0 saturated carbocycles. The SMILES string of the molecule is Cc1cc(Br)cc(C(=O)NCc2ncon2)c1. The van der Waals surface area contributed by atoms with Crippen LogP contribution in [-0.4, -0.2) is 16.0 Å². The van der Waals surface area contributed by atoms with E-state index in [-0.39, 0.29) is 12.5 Å². The highest BCUT2D eigenvalue weighted by atomic mass is 79.9. The second-order valence-corrected chi connectivity index (χ2v) is 4.46. The Bertz CT molecular complexity index is 505. The van der Waals surface area contributed by atoms with Gasteiger partial charge in [0, 0.05) is 10.0 Å². The predicted molar refractivity (Wildman–Crippen MR) is 64.3 cm³/mol. The highest BCUT2D eigenvalue weighted by Crippen LogP contribution is 2.15. The summed E-state index contributed by atoms with van der Waals surface area (Å²) in [6.07, 6.45) is 1.23. The standard InChI is InChI=1S/C11H10BrN3O2/c1-7-2-8(4-9(12)3-7)11(16)13-5-10-14-6-17-15-10/h2-4,6H,5H2,1H3,(H,13,16). The van der Waals surface area contributed by atoms with Gasteiger partial charge in [-0.25, -0.2) is 0 Å². The van der Waals surface area contributed by atoms with E-state index in [0.717, 1.165) is 10.0 Å². The molecule has 5 nitrogen and oxygen atoms in total. The number of nitrogens with zero attached hydrogens (tertiary/aromatic N) is 2. The molecule has 0 spiro atoms. The van der Waals surface area contributed by atoms with E-state index in [2.05, 4.69) is 35.9 Å². The summed E-state index contributed by atoms with van der Waals surface area (Å²) in [5.41, 5.74) is 1.62. The van der Waals surface area contributed by atoms with E-state index in [0.29, 0.717) is 11.4 Å². The molecule has 0 radical (unpaired) electrons. The molecule has 6 heteroatoms. The van der Waals surface area contributed by atoms with Gasteiger partial charge in [0.05, 0.1) is 6.54 Å². The molecule has 0 bridgehead atoms. The number of benzene rings is 1. The second-order valence-electron chi connectivity index (χ2n) is 3.55. The van der Waals surface area contributed by atoms with E-state index in [1.165, 1.54) is 6.39 Å². The van der Waals surface area contributed by atoms with Crippen molar-refractivity contribution in [1.82, 2.24) is 15.5 Å². The summed E-state index contributed by atoms with van der Waals surface area (Å²) >= 11 is 3.35. The fraction of sp³-hybridized carbons (Fsp3) is 0.182. The van der Waals surface area contributed by atoms with Crippen molar-refractivity contribution >= 4 is 21.8 Å². The Hall–Kier alpha value is -1.69. The van der Waals surface area contributed by atoms with Crippen molar-refractivity contribution in [2.24, 2.45) is 0 Å². The van der Waals surface area contributed by atoms with Crippen molar-refractivity contribution in [2.75, 3.05) is 0 Å². The number of nitrogens with one attached hydrogen (secondary N) is 1. The third-order valence-corrected chi connectivity index (χ3v) is 2.58. The molecule has 0 unspecified atom stereocenters. The molecule has 0 fully saturated rings. The van der Waals surface area contributed by atoms with Gasteiger partial charge in [-0.3, -0.25) is 4.79 Å². The normalized spacial score (nSPS) is 10.2. The zero-order valence-corrected chi connectivity index (χ0v) is 10.7. The Labute approximate surface area is 106 Å². The van der Waals surface area contributed by atoms with Gasteiger partial charge in [-0.1, -0.05) is 21.1 Å². The van der Waals surface area contributed by atoms with Crippen LogP contribution in [0.2, 0.25) is 0 Å². The first-order valence-corrected chi connectivity index (χ1v) is 5.75. The van der Waals surface area contributed by atoms with Crippen molar-refractivity contribution in [1.29, 1.82) is 0 Å². The van der Waals surface area contributed by atoms with Crippen LogP contribution in [0.25, 0.3) is 0 Å². The van der Waals surface area contributed by atoms with Crippen LogP contribution in [0, 0.1) is 6.92 Å². The van der Waals surface area contributed by atoms with Crippen LogP contribution < -0.4 is 5.32 Å². The monoisotopic (exact) mass is 295 g/mol. The number of hydrogen-bond donors (Lipinski definition) is 1. The Morgan fingerprint density at radius 3 is 2.94 bits per heavy atom. The molecule has 17 heavy (non-hydrogen) atoms. The zero-order chi connectivity index (χ0) is 12.3. The Morgan fingerprint density at radius 1 is 1.47 bits per heavy atom. The van der Waals surface area contributed by atoms with Crippen LogP contribution in [-0.2, 0) is 6.54 Å². The molecule has 0 saturated heterocycles. The lowest BCUT2D eigenvalue weighted by Gasteiger charge is -2.04. The number of aromatic nitrogens is 2. The Kier molecular flexibility index (Phi) is 3.53. The average Bonchev–Trinajstić information content (AvgIpc) is 2.77. The number of carbonyl (C=O) groups excluding carboxylic acids is 1. The van der Waals surface area contributed by atoms with Crippen LogP contribution >= 0.6 is 15.9 Å². The fourth-order valence-corrected chi connectivity index (χ4v) is 2.01. The van der Waals surface area contributed by atoms with Gasteiger partial charge in [0.25, 0.3) is 5.91 Å². The van der Waals surface area contributed by atoms with Crippen molar-refractivity contribution in [2.45, 2.75) is 13.5 Å². The smallest absolute Gasteiger partial charge is 0.251 e. The zero-order valence-electron chi connectivity index (χ0n) is 9.11. The van der Waals surface area contributed by atoms with E-state index in [1.807, 2.05) is 19.1 Å². The van der Waals surface area contributed by atoms with E-state index < -0.39 is 0 Å². The van der Waals surface area contributed by atoms with Crippen molar-refractivity contribution in [3.8, 4) is 0 Å². The van der Waals surface area contributed by atoms with Crippen LogP contribution in [0.5, 0.6) is 0 Å². The molecule has 1 aromatic heterocycles. The van der Waals surface area contributed by atoms with Crippen LogP contribution in [0.3, 0.4) is 0 Å². The van der Waals surface area contributed by atoms with Crippen molar-refractivity contribution in [3.63, 3.8) is 0 Å². The predicted octanol–water partition coefficient (Wildman–Crippen LogP) is 2.07. The molecule has 1 N–H and O–H groups in total. The van der Waals surface area contributed by atoms with E-state index in [4.69, 9.17) is 0 Å². The van der Waals surface area contributed by atoms with Crippen LogP contribution in [0.1, 0.15) is 21.7 Å². The molecule has 1 aromatic carbocycles. The fourth-order valence-electron chi connectivity index (χ4n) is 1.40. The Balaban J connectivity index is 2.04. The first kappa shape index (κ1) is 11.8. The first-order valence-electron chi connectivity index (χ1n) is 4.96. The summed E-state index contributed by atoms with van der Waals surface area (Å²) in [5.74, 6) is 0.282. The minimum absolute atomic E-state index is 0.167. The second kappa shape index (κ2) is 5.09. The number of halogens is 1. The van der Waals surface area contributed by atoms with Gasteiger partial charge >= 0.3 is 0 Å². The number of carbonyl (C=O) groups is 1. The number of amides is 1. The summed E-state index contributed by atoms with van der Waals surface area (Å²) < 4.78 is 5.45. The maximum Gasteiger partial charge on any atom is 0.251 e. The molecule has 0 aliphatic rings. The minimum atomic E-state index is -0.167. The largest absolute Gasteiger partial charge is 0.345 e. The number of rotatable bonds is 3. The van der Waals surface area contributed by atoms with Gasteiger partial charge in [0.15, 0.2) is 5.82 Å². The molecule has 2 rings (SSSR count). The van der Waals surface area contributed by atoms with Crippen molar-refractivity contribution < 1.29 is 9.32 Å².